The lowest BCUT2D eigenvalue weighted by Crippen LogP contribution is -2.15. The molecule has 1 heterocycles. The molecule has 0 saturated heterocycles. The molecule has 0 unspecified atom stereocenters. The Bertz CT molecular complexity index is 739. The number of anilines is 2. The van der Waals surface area contributed by atoms with Gasteiger partial charge in [-0.3, -0.25) is 9.52 Å². The third-order valence-corrected chi connectivity index (χ3v) is 3.28. The number of carbonyl (C=O) groups is 1. The molecule has 0 aliphatic heterocycles. The molecule has 0 saturated carbocycles. The lowest BCUT2D eigenvalue weighted by molar-refractivity contribution is 0.0995. The molecule has 2 N–H and O–H groups in total. The number of rotatable bonds is 4. The summed E-state index contributed by atoms with van der Waals surface area (Å²) in [4.78, 5) is 11.9. The van der Waals surface area contributed by atoms with Crippen LogP contribution < -0.4 is 10.0 Å². The number of para-hydroxylation sites is 2. The number of sulfonamides is 1. The quantitative estimate of drug-likeness (QED) is 0.879. The van der Waals surface area contributed by atoms with E-state index in [2.05, 4.69) is 26.0 Å². The summed E-state index contributed by atoms with van der Waals surface area (Å²) in [6, 6.07) is 9.58. The van der Waals surface area contributed by atoms with Crippen LogP contribution in [0.1, 0.15) is 10.6 Å². The van der Waals surface area contributed by atoms with Gasteiger partial charge in [0.15, 0.2) is 10.4 Å². The van der Waals surface area contributed by atoms with Crippen LogP contribution in [0.25, 0.3) is 0 Å². The van der Waals surface area contributed by atoms with Crippen molar-refractivity contribution < 1.29 is 17.6 Å². The Balaban J connectivity index is 2.23. The SMILES string of the molecule is CS(=O)(=O)Nc1ccccc1NC(=O)c1ccc(Br)o1. The van der Waals surface area contributed by atoms with E-state index in [0.717, 1.165) is 6.26 Å². The molecule has 0 aliphatic rings. The van der Waals surface area contributed by atoms with Crippen LogP contribution in [0.4, 0.5) is 11.4 Å². The molecule has 2 rings (SSSR count). The van der Waals surface area contributed by atoms with Crippen LogP contribution in [0.15, 0.2) is 45.5 Å². The van der Waals surface area contributed by atoms with Gasteiger partial charge in [0.05, 0.1) is 17.6 Å². The van der Waals surface area contributed by atoms with Gasteiger partial charge in [0, 0.05) is 0 Å². The van der Waals surface area contributed by atoms with Gasteiger partial charge in [0.1, 0.15) is 0 Å². The van der Waals surface area contributed by atoms with E-state index in [1.165, 1.54) is 6.07 Å². The number of carbonyl (C=O) groups excluding carboxylic acids is 1. The summed E-state index contributed by atoms with van der Waals surface area (Å²) in [5.41, 5.74) is 0.629. The van der Waals surface area contributed by atoms with E-state index in [-0.39, 0.29) is 11.4 Å². The van der Waals surface area contributed by atoms with E-state index in [4.69, 9.17) is 4.42 Å². The summed E-state index contributed by atoms with van der Waals surface area (Å²) in [6.07, 6.45) is 1.04. The van der Waals surface area contributed by atoms with E-state index >= 15 is 0 Å². The number of amides is 1. The van der Waals surface area contributed by atoms with E-state index < -0.39 is 15.9 Å². The highest BCUT2D eigenvalue weighted by molar-refractivity contribution is 9.10. The number of benzene rings is 1. The van der Waals surface area contributed by atoms with Gasteiger partial charge in [-0.15, -0.1) is 0 Å². The minimum atomic E-state index is -3.43. The molecule has 0 fully saturated rings. The molecule has 2 aromatic rings. The second-order valence-corrected chi connectivity index (χ2v) is 6.51. The molecule has 8 heteroatoms. The zero-order chi connectivity index (χ0) is 14.8. The van der Waals surface area contributed by atoms with Crippen molar-refractivity contribution in [2.24, 2.45) is 0 Å². The molecular formula is C12H11BrN2O4S. The molecule has 0 spiro atoms. The van der Waals surface area contributed by atoms with Gasteiger partial charge >= 0.3 is 0 Å². The van der Waals surface area contributed by atoms with Gasteiger partial charge in [0.2, 0.25) is 10.0 Å². The highest BCUT2D eigenvalue weighted by atomic mass is 79.9. The Morgan fingerprint density at radius 3 is 2.35 bits per heavy atom. The summed E-state index contributed by atoms with van der Waals surface area (Å²) in [5.74, 6) is -0.357. The van der Waals surface area contributed by atoms with Crippen LogP contribution in [0.2, 0.25) is 0 Å². The molecule has 0 aliphatic carbocycles. The highest BCUT2D eigenvalue weighted by Crippen LogP contribution is 2.23. The van der Waals surface area contributed by atoms with Crippen molar-refractivity contribution in [3.05, 3.63) is 46.8 Å². The summed E-state index contributed by atoms with van der Waals surface area (Å²) in [5, 5.41) is 2.58. The van der Waals surface area contributed by atoms with E-state index in [1.807, 2.05) is 0 Å². The highest BCUT2D eigenvalue weighted by Gasteiger charge is 2.13. The van der Waals surface area contributed by atoms with Crippen LogP contribution in [-0.4, -0.2) is 20.6 Å². The molecule has 20 heavy (non-hydrogen) atoms. The average Bonchev–Trinajstić information content (AvgIpc) is 2.77. The summed E-state index contributed by atoms with van der Waals surface area (Å²) in [6.45, 7) is 0. The van der Waals surface area contributed by atoms with Crippen LogP contribution in [-0.2, 0) is 10.0 Å². The third kappa shape index (κ3) is 3.84. The Hall–Kier alpha value is -1.80. The van der Waals surface area contributed by atoms with Crippen LogP contribution >= 0.6 is 15.9 Å². The number of halogens is 1. The second kappa shape index (κ2) is 5.68. The zero-order valence-corrected chi connectivity index (χ0v) is 12.8. The van der Waals surface area contributed by atoms with Gasteiger partial charge in [0.25, 0.3) is 5.91 Å². The fourth-order valence-corrected chi connectivity index (χ4v) is 2.39. The largest absolute Gasteiger partial charge is 0.444 e. The molecule has 1 aromatic carbocycles. The molecule has 1 aromatic heterocycles. The predicted octanol–water partition coefficient (Wildman–Crippen LogP) is 2.67. The molecule has 0 bridgehead atoms. The Morgan fingerprint density at radius 1 is 1.15 bits per heavy atom. The first-order valence-electron chi connectivity index (χ1n) is 5.49. The fraction of sp³-hybridized carbons (Fsp3) is 0.0833. The first kappa shape index (κ1) is 14.6. The second-order valence-electron chi connectivity index (χ2n) is 3.98. The Labute approximate surface area is 124 Å². The summed E-state index contributed by atoms with van der Waals surface area (Å²) < 4.78 is 30.4. The lowest BCUT2D eigenvalue weighted by atomic mass is 10.2. The predicted molar refractivity (Wildman–Crippen MR) is 79.3 cm³/mol. The first-order chi connectivity index (χ1) is 9.35. The Kier molecular flexibility index (Phi) is 4.15. The minimum Gasteiger partial charge on any atom is -0.444 e. The number of nitrogens with one attached hydrogen (secondary N) is 2. The molecule has 106 valence electrons. The van der Waals surface area contributed by atoms with E-state index in [1.54, 1.807) is 30.3 Å². The van der Waals surface area contributed by atoms with Crippen molar-refractivity contribution in [1.82, 2.24) is 0 Å². The van der Waals surface area contributed by atoms with Crippen molar-refractivity contribution in [3.63, 3.8) is 0 Å². The maximum absolute atomic E-state index is 11.9. The van der Waals surface area contributed by atoms with Crippen molar-refractivity contribution >= 4 is 43.2 Å². The fourth-order valence-electron chi connectivity index (χ4n) is 1.50. The number of furan rings is 1. The smallest absolute Gasteiger partial charge is 0.291 e. The van der Waals surface area contributed by atoms with Crippen molar-refractivity contribution in [1.29, 1.82) is 0 Å². The normalized spacial score (nSPS) is 11.1. The van der Waals surface area contributed by atoms with Gasteiger partial charge in [-0.1, -0.05) is 12.1 Å². The first-order valence-corrected chi connectivity index (χ1v) is 8.17. The standard InChI is InChI=1S/C12H11BrN2O4S/c1-20(17,18)15-9-5-3-2-4-8(9)14-12(16)10-6-7-11(13)19-10/h2-7,15H,1H3,(H,14,16). The molecule has 0 atom stereocenters. The topological polar surface area (TPSA) is 88.4 Å². The van der Waals surface area contributed by atoms with Crippen molar-refractivity contribution in [2.45, 2.75) is 0 Å². The maximum atomic E-state index is 11.9. The number of hydrogen-bond acceptors (Lipinski definition) is 4. The zero-order valence-electron chi connectivity index (χ0n) is 10.4. The van der Waals surface area contributed by atoms with Crippen molar-refractivity contribution in [3.8, 4) is 0 Å². The third-order valence-electron chi connectivity index (χ3n) is 2.27. The molecule has 6 nitrogen and oxygen atoms in total. The van der Waals surface area contributed by atoms with Crippen molar-refractivity contribution in [2.75, 3.05) is 16.3 Å². The van der Waals surface area contributed by atoms with E-state index in [0.29, 0.717) is 10.4 Å². The summed E-state index contributed by atoms with van der Waals surface area (Å²) >= 11 is 3.10. The van der Waals surface area contributed by atoms with Crippen LogP contribution in [0, 0.1) is 0 Å². The van der Waals surface area contributed by atoms with Crippen LogP contribution in [0.5, 0.6) is 0 Å². The maximum Gasteiger partial charge on any atom is 0.291 e. The minimum absolute atomic E-state index is 0.117. The van der Waals surface area contributed by atoms with Crippen LogP contribution in [0.3, 0.4) is 0 Å². The van der Waals surface area contributed by atoms with Gasteiger partial charge in [-0.05, 0) is 40.2 Å². The molecular weight excluding hydrogens is 348 g/mol. The summed E-state index contributed by atoms with van der Waals surface area (Å²) in [7, 11) is -3.43. The molecule has 1 amide bonds. The molecule has 0 radical (unpaired) electrons. The number of hydrogen-bond donors (Lipinski definition) is 2. The van der Waals surface area contributed by atoms with Gasteiger partial charge in [-0.2, -0.15) is 0 Å². The van der Waals surface area contributed by atoms with E-state index in [9.17, 15) is 13.2 Å². The Morgan fingerprint density at radius 2 is 1.80 bits per heavy atom. The van der Waals surface area contributed by atoms with Gasteiger partial charge in [-0.25, -0.2) is 8.42 Å². The lowest BCUT2D eigenvalue weighted by Gasteiger charge is -2.10. The average molecular weight is 359 g/mol. The monoisotopic (exact) mass is 358 g/mol. The van der Waals surface area contributed by atoms with Gasteiger partial charge < -0.3 is 9.73 Å².